The molecule has 0 amide bonds. The second-order valence-corrected chi connectivity index (χ2v) is 11.7. The largest absolute Gasteiger partial charge is 0.298 e. The van der Waals surface area contributed by atoms with Crippen molar-refractivity contribution in [2.75, 3.05) is 0 Å². The Labute approximate surface area is 176 Å². The molecule has 0 bridgehead atoms. The summed E-state index contributed by atoms with van der Waals surface area (Å²) in [5.74, 6) is 1.41. The van der Waals surface area contributed by atoms with Gasteiger partial charge in [-0.15, -0.1) is 0 Å². The Hall–Kier alpha value is -0.660. The number of rotatable bonds is 13. The lowest BCUT2D eigenvalue weighted by atomic mass is 9.61. The van der Waals surface area contributed by atoms with Crippen LogP contribution in [-0.2, 0) is 9.59 Å². The average Bonchev–Trinajstić information content (AvgIpc) is 2.59. The van der Waals surface area contributed by atoms with Crippen molar-refractivity contribution < 1.29 is 9.59 Å². The third-order valence-electron chi connectivity index (χ3n) is 7.68. The summed E-state index contributed by atoms with van der Waals surface area (Å²) in [6, 6.07) is 0. The predicted molar refractivity (Wildman–Crippen MR) is 123 cm³/mol. The van der Waals surface area contributed by atoms with Crippen molar-refractivity contribution in [1.29, 1.82) is 0 Å². The zero-order valence-corrected chi connectivity index (χ0v) is 21.2. The minimum absolute atomic E-state index is 0.331. The first kappa shape index (κ1) is 27.3. The van der Waals surface area contributed by atoms with Crippen molar-refractivity contribution in [2.45, 2.75) is 122 Å². The van der Waals surface area contributed by atoms with E-state index in [-0.39, 0.29) is 10.8 Å². The lowest BCUT2D eigenvalue weighted by Gasteiger charge is -2.41. The normalized spacial score (nSPS) is 16.0. The van der Waals surface area contributed by atoms with Gasteiger partial charge in [0.25, 0.3) is 0 Å². The molecule has 0 aliphatic carbocycles. The molecule has 0 N–H and O–H groups in total. The van der Waals surface area contributed by atoms with E-state index in [4.69, 9.17) is 0 Å². The van der Waals surface area contributed by atoms with Crippen molar-refractivity contribution in [1.82, 2.24) is 0 Å². The Morgan fingerprint density at radius 1 is 0.607 bits per heavy atom. The first-order valence-electron chi connectivity index (χ1n) is 11.6. The van der Waals surface area contributed by atoms with Gasteiger partial charge in [0.15, 0.2) is 0 Å². The van der Waals surface area contributed by atoms with Gasteiger partial charge >= 0.3 is 0 Å². The molecule has 0 radical (unpaired) electrons. The molecule has 2 atom stereocenters. The summed E-state index contributed by atoms with van der Waals surface area (Å²) in [6.07, 6.45) is 5.86. The van der Waals surface area contributed by atoms with E-state index in [1.807, 2.05) is 0 Å². The zero-order valence-electron chi connectivity index (χ0n) is 21.2. The van der Waals surface area contributed by atoms with Crippen LogP contribution >= 0.6 is 0 Å². The predicted octanol–water partition coefficient (Wildman–Crippen LogP) is 7.88. The third-order valence-corrected chi connectivity index (χ3v) is 7.68. The summed E-state index contributed by atoms with van der Waals surface area (Å²) in [4.78, 5) is 26.8. The first-order valence-corrected chi connectivity index (χ1v) is 11.6. The maximum atomic E-state index is 13.4. The average molecular weight is 395 g/mol. The molecule has 0 heterocycles. The summed E-state index contributed by atoms with van der Waals surface area (Å²) in [7, 11) is 0. The van der Waals surface area contributed by atoms with Gasteiger partial charge < -0.3 is 0 Å². The fourth-order valence-corrected chi connectivity index (χ4v) is 4.63. The van der Waals surface area contributed by atoms with Crippen LogP contribution in [0, 0.1) is 33.5 Å². The Balaban J connectivity index is 5.32. The van der Waals surface area contributed by atoms with E-state index in [1.54, 1.807) is 0 Å². The van der Waals surface area contributed by atoms with Gasteiger partial charge in [0.05, 0.1) is 0 Å². The molecule has 0 aromatic carbocycles. The molecule has 0 rings (SSSR count). The molecule has 0 aliphatic rings. The molecular weight excluding hydrogens is 344 g/mol. The van der Waals surface area contributed by atoms with Crippen LogP contribution in [0.15, 0.2) is 0 Å². The molecule has 2 heteroatoms. The summed E-state index contributed by atoms with van der Waals surface area (Å²) in [6.45, 7) is 25.4. The number of hydrogen-bond donors (Lipinski definition) is 0. The van der Waals surface area contributed by atoms with Crippen molar-refractivity contribution in [3.8, 4) is 0 Å². The van der Waals surface area contributed by atoms with Gasteiger partial charge in [-0.3, -0.25) is 9.59 Å². The van der Waals surface area contributed by atoms with E-state index in [0.717, 1.165) is 38.5 Å². The molecule has 0 fully saturated rings. The van der Waals surface area contributed by atoms with Gasteiger partial charge in [-0.25, -0.2) is 0 Å². The highest BCUT2D eigenvalue weighted by atomic mass is 16.1. The minimum atomic E-state index is -0.414. The van der Waals surface area contributed by atoms with Gasteiger partial charge in [0, 0.05) is 21.7 Å². The van der Waals surface area contributed by atoms with E-state index in [1.165, 1.54) is 0 Å². The highest BCUT2D eigenvalue weighted by Gasteiger charge is 2.45. The van der Waals surface area contributed by atoms with Gasteiger partial charge in [0.1, 0.15) is 11.6 Å². The third kappa shape index (κ3) is 6.42. The fourth-order valence-electron chi connectivity index (χ4n) is 4.63. The van der Waals surface area contributed by atoms with Gasteiger partial charge in [-0.1, -0.05) is 109 Å². The summed E-state index contributed by atoms with van der Waals surface area (Å²) >= 11 is 0. The highest BCUT2D eigenvalue weighted by molar-refractivity contribution is 5.90. The molecule has 2 nitrogen and oxygen atoms in total. The SMILES string of the molecule is CCCC(C)C(C)(C)C(=O)C(C)(C)CCC(C)(C)C(=O)C(C)(C)C(C)CCC. The maximum absolute atomic E-state index is 13.4. The van der Waals surface area contributed by atoms with Crippen molar-refractivity contribution >= 4 is 11.6 Å². The Morgan fingerprint density at radius 3 is 1.07 bits per heavy atom. The maximum Gasteiger partial charge on any atom is 0.144 e. The highest BCUT2D eigenvalue weighted by Crippen LogP contribution is 2.44. The Bertz CT molecular complexity index is 475. The zero-order chi connectivity index (χ0) is 22.6. The fraction of sp³-hybridized carbons (Fsp3) is 0.923. The standard InChI is InChI=1S/C26H50O2/c1-13-15-19(3)25(9,10)21(27)23(5,6)17-18-24(7,8)22(28)26(11,12)20(4)16-14-2/h19-20H,13-18H2,1-12H3. The van der Waals surface area contributed by atoms with Crippen LogP contribution < -0.4 is 0 Å². The van der Waals surface area contributed by atoms with Gasteiger partial charge in [-0.2, -0.15) is 0 Å². The number of hydrogen-bond acceptors (Lipinski definition) is 2. The van der Waals surface area contributed by atoms with E-state index in [2.05, 4.69) is 83.1 Å². The molecule has 2 unspecified atom stereocenters. The van der Waals surface area contributed by atoms with E-state index in [9.17, 15) is 9.59 Å². The molecule has 0 aromatic rings. The monoisotopic (exact) mass is 394 g/mol. The minimum Gasteiger partial charge on any atom is -0.298 e. The lowest BCUT2D eigenvalue weighted by molar-refractivity contribution is -0.142. The van der Waals surface area contributed by atoms with Crippen LogP contribution in [0.2, 0.25) is 0 Å². The van der Waals surface area contributed by atoms with E-state index >= 15 is 0 Å². The molecule has 0 saturated heterocycles. The summed E-state index contributed by atoms with van der Waals surface area (Å²) in [5.41, 5.74) is -1.49. The second-order valence-electron chi connectivity index (χ2n) is 11.7. The number of ketones is 2. The molecule has 166 valence electrons. The van der Waals surface area contributed by atoms with Crippen molar-refractivity contribution in [2.24, 2.45) is 33.5 Å². The van der Waals surface area contributed by atoms with Crippen LogP contribution in [0.5, 0.6) is 0 Å². The molecular formula is C26H50O2. The number of carbonyl (C=O) groups excluding carboxylic acids is 2. The lowest BCUT2D eigenvalue weighted by Crippen LogP contribution is -2.44. The molecule has 0 spiro atoms. The summed E-state index contributed by atoms with van der Waals surface area (Å²) in [5, 5.41) is 0. The van der Waals surface area contributed by atoms with E-state index in [0.29, 0.717) is 23.4 Å². The van der Waals surface area contributed by atoms with Crippen molar-refractivity contribution in [3.63, 3.8) is 0 Å². The summed E-state index contributed by atoms with van der Waals surface area (Å²) < 4.78 is 0. The molecule has 0 saturated carbocycles. The van der Waals surface area contributed by atoms with E-state index < -0.39 is 10.8 Å². The molecule has 28 heavy (non-hydrogen) atoms. The molecule has 0 aliphatic heterocycles. The second kappa shape index (κ2) is 9.90. The number of carbonyl (C=O) groups is 2. The Kier molecular flexibility index (Phi) is 9.66. The smallest absolute Gasteiger partial charge is 0.144 e. The molecule has 0 aromatic heterocycles. The topological polar surface area (TPSA) is 34.1 Å². The van der Waals surface area contributed by atoms with Crippen LogP contribution in [0.4, 0.5) is 0 Å². The van der Waals surface area contributed by atoms with Crippen LogP contribution in [0.25, 0.3) is 0 Å². The number of Topliss-reactive ketones (excluding diaryl/α,β-unsaturated/α-hetero) is 2. The van der Waals surface area contributed by atoms with Crippen LogP contribution in [-0.4, -0.2) is 11.6 Å². The van der Waals surface area contributed by atoms with Crippen LogP contribution in [0.3, 0.4) is 0 Å². The first-order chi connectivity index (χ1) is 12.5. The Morgan fingerprint density at radius 2 is 0.857 bits per heavy atom. The van der Waals surface area contributed by atoms with Gasteiger partial charge in [0.2, 0.25) is 0 Å². The van der Waals surface area contributed by atoms with Crippen LogP contribution in [0.1, 0.15) is 122 Å². The van der Waals surface area contributed by atoms with Crippen molar-refractivity contribution in [3.05, 3.63) is 0 Å². The van der Waals surface area contributed by atoms with Gasteiger partial charge in [-0.05, 0) is 24.7 Å². The quantitative estimate of drug-likeness (QED) is 0.318.